The van der Waals surface area contributed by atoms with Gasteiger partial charge in [-0.2, -0.15) is 11.8 Å². The summed E-state index contributed by atoms with van der Waals surface area (Å²) >= 11 is 1.86. The molecular formula is C28H37N5O4S. The number of H-pyrrole nitrogens is 1. The van der Waals surface area contributed by atoms with Gasteiger partial charge in [-0.1, -0.05) is 49.4 Å². The Labute approximate surface area is 228 Å². The first kappa shape index (κ1) is 29.2. The van der Waals surface area contributed by atoms with Gasteiger partial charge in [0.1, 0.15) is 6.54 Å². The Morgan fingerprint density at radius 1 is 1.21 bits per heavy atom. The molecule has 1 unspecified atom stereocenters. The number of rotatable bonds is 11. The molecule has 1 aromatic heterocycles. The first-order valence-corrected chi connectivity index (χ1v) is 14.2. The molecule has 1 atom stereocenters. The van der Waals surface area contributed by atoms with Gasteiger partial charge in [0.05, 0.1) is 19.3 Å². The third-order valence-electron chi connectivity index (χ3n) is 6.43. The second-order valence-electron chi connectivity index (χ2n) is 9.19. The van der Waals surface area contributed by atoms with Gasteiger partial charge in [0, 0.05) is 37.6 Å². The molecule has 0 saturated carbocycles. The Balaban J connectivity index is 0.000000934. The molecule has 9 nitrogen and oxygen atoms in total. The average molecular weight is 540 g/mol. The Morgan fingerprint density at radius 3 is 2.68 bits per heavy atom. The van der Waals surface area contributed by atoms with Crippen molar-refractivity contribution in [2.45, 2.75) is 38.8 Å². The van der Waals surface area contributed by atoms with Crippen molar-refractivity contribution in [2.75, 3.05) is 38.2 Å². The number of nitrogens with zero attached hydrogens (tertiary/aromatic N) is 3. The van der Waals surface area contributed by atoms with Crippen LogP contribution in [0.4, 0.5) is 0 Å². The molecule has 2 aromatic carbocycles. The molecule has 1 aliphatic heterocycles. The van der Waals surface area contributed by atoms with Gasteiger partial charge in [-0.3, -0.25) is 19.3 Å². The quantitative estimate of drug-likeness (QED) is 0.343. The minimum Gasteiger partial charge on any atom is -0.480 e. The number of aromatic amines is 1. The monoisotopic (exact) mass is 539 g/mol. The van der Waals surface area contributed by atoms with Crippen LogP contribution < -0.4 is 5.32 Å². The normalized spacial score (nSPS) is 14.8. The lowest BCUT2D eigenvalue weighted by molar-refractivity contribution is -0.138. The molecule has 4 rings (SSSR count). The number of amides is 2. The van der Waals surface area contributed by atoms with E-state index in [1.807, 2.05) is 45.8 Å². The number of fused-ring (bicyclic) bond motifs is 1. The summed E-state index contributed by atoms with van der Waals surface area (Å²) in [7, 11) is 0. The number of hydrogen-bond donors (Lipinski definition) is 3. The predicted octanol–water partition coefficient (Wildman–Crippen LogP) is 3.17. The number of hydrogen-bond acceptors (Lipinski definition) is 6. The Bertz CT molecular complexity index is 1180. The molecule has 2 heterocycles. The highest BCUT2D eigenvalue weighted by Crippen LogP contribution is 2.23. The van der Waals surface area contributed by atoms with Crippen LogP contribution in [-0.4, -0.2) is 86.9 Å². The summed E-state index contributed by atoms with van der Waals surface area (Å²) in [6.45, 7) is 3.50. The van der Waals surface area contributed by atoms with Crippen molar-refractivity contribution >= 4 is 40.3 Å². The molecular weight excluding hydrogens is 502 g/mol. The predicted molar refractivity (Wildman–Crippen MR) is 151 cm³/mol. The van der Waals surface area contributed by atoms with Gasteiger partial charge in [-0.05, 0) is 41.2 Å². The van der Waals surface area contributed by atoms with Gasteiger partial charge in [-0.15, -0.1) is 0 Å². The van der Waals surface area contributed by atoms with Crippen molar-refractivity contribution in [3.63, 3.8) is 0 Å². The smallest absolute Gasteiger partial charge is 0.322 e. The molecule has 1 saturated heterocycles. The van der Waals surface area contributed by atoms with E-state index < -0.39 is 12.5 Å². The minimum absolute atomic E-state index is 0.0160. The molecule has 0 radical (unpaired) electrons. The fourth-order valence-corrected chi connectivity index (χ4v) is 4.59. The number of likely N-dealkylation sites (tertiary alicyclic amines) is 1. The van der Waals surface area contributed by atoms with E-state index >= 15 is 0 Å². The second kappa shape index (κ2) is 15.1. The number of carboxylic acid groups (broad SMARTS) is 1. The lowest BCUT2D eigenvalue weighted by Gasteiger charge is -2.31. The number of aliphatic carboxylic acids is 1. The molecule has 3 N–H and O–H groups in total. The van der Waals surface area contributed by atoms with E-state index in [-0.39, 0.29) is 30.8 Å². The summed E-state index contributed by atoms with van der Waals surface area (Å²) in [4.78, 5) is 47.2. The van der Waals surface area contributed by atoms with Crippen LogP contribution in [-0.2, 0) is 27.3 Å². The topological polar surface area (TPSA) is 119 Å². The van der Waals surface area contributed by atoms with Crippen LogP contribution in [0.2, 0.25) is 0 Å². The Morgan fingerprint density at radius 2 is 1.97 bits per heavy atom. The van der Waals surface area contributed by atoms with Crippen molar-refractivity contribution in [2.24, 2.45) is 0 Å². The van der Waals surface area contributed by atoms with Gasteiger partial charge < -0.3 is 20.3 Å². The summed E-state index contributed by atoms with van der Waals surface area (Å²) in [5, 5.41) is 13.6. The number of thioether (sulfide) groups is 1. The molecule has 3 aromatic rings. The first-order valence-electron chi connectivity index (χ1n) is 12.8. The molecule has 1 fully saturated rings. The molecule has 1 aliphatic rings. The maximum absolute atomic E-state index is 13.0. The molecule has 0 spiro atoms. The van der Waals surface area contributed by atoms with Crippen molar-refractivity contribution in [3.8, 4) is 0 Å². The SMILES string of the molecule is CCSC.O=C(O)CNC(=O)CN(Cc1cccc2ccccc12)CC1CCCN1C(=O)Cc1cnc[nH]1. The van der Waals surface area contributed by atoms with Crippen LogP contribution in [0.25, 0.3) is 10.8 Å². The van der Waals surface area contributed by atoms with E-state index in [1.54, 1.807) is 12.5 Å². The maximum atomic E-state index is 13.0. The Hall–Kier alpha value is -3.37. The largest absolute Gasteiger partial charge is 0.480 e. The number of carboxylic acids is 1. The van der Waals surface area contributed by atoms with Crippen LogP contribution in [0, 0.1) is 0 Å². The molecule has 2 amide bonds. The van der Waals surface area contributed by atoms with Gasteiger partial charge in [0.15, 0.2) is 0 Å². The van der Waals surface area contributed by atoms with E-state index in [9.17, 15) is 14.4 Å². The highest BCUT2D eigenvalue weighted by molar-refractivity contribution is 7.98. The number of aromatic nitrogens is 2. The van der Waals surface area contributed by atoms with Gasteiger partial charge >= 0.3 is 5.97 Å². The van der Waals surface area contributed by atoms with E-state index in [0.29, 0.717) is 19.6 Å². The van der Waals surface area contributed by atoms with E-state index in [4.69, 9.17) is 5.11 Å². The van der Waals surface area contributed by atoms with Gasteiger partial charge in [-0.25, -0.2) is 4.98 Å². The first-order chi connectivity index (χ1) is 18.4. The fraction of sp³-hybridized carbons (Fsp3) is 0.429. The second-order valence-corrected chi connectivity index (χ2v) is 10.3. The summed E-state index contributed by atoms with van der Waals surface area (Å²) in [5.41, 5.74) is 1.86. The zero-order chi connectivity index (χ0) is 27.3. The van der Waals surface area contributed by atoms with Crippen molar-refractivity contribution < 1.29 is 19.5 Å². The van der Waals surface area contributed by atoms with Crippen LogP contribution in [0.1, 0.15) is 31.0 Å². The lowest BCUT2D eigenvalue weighted by Crippen LogP contribution is -2.46. The average Bonchev–Trinajstić information content (AvgIpc) is 3.60. The number of benzene rings is 2. The lowest BCUT2D eigenvalue weighted by atomic mass is 10.0. The third kappa shape index (κ3) is 8.88. The molecule has 0 bridgehead atoms. The van der Waals surface area contributed by atoms with E-state index in [1.165, 1.54) is 5.75 Å². The highest BCUT2D eigenvalue weighted by atomic mass is 32.2. The summed E-state index contributed by atoms with van der Waals surface area (Å²) in [6.07, 6.45) is 7.34. The maximum Gasteiger partial charge on any atom is 0.322 e. The van der Waals surface area contributed by atoms with Crippen LogP contribution >= 0.6 is 11.8 Å². The van der Waals surface area contributed by atoms with Crippen LogP contribution in [0.5, 0.6) is 0 Å². The van der Waals surface area contributed by atoms with Crippen molar-refractivity contribution in [1.29, 1.82) is 0 Å². The van der Waals surface area contributed by atoms with Crippen molar-refractivity contribution in [3.05, 3.63) is 66.2 Å². The Kier molecular flexibility index (Phi) is 11.6. The minimum atomic E-state index is -1.08. The summed E-state index contributed by atoms with van der Waals surface area (Å²) in [6, 6.07) is 14.2. The third-order valence-corrected chi connectivity index (χ3v) is 7.01. The molecule has 38 heavy (non-hydrogen) atoms. The zero-order valence-electron chi connectivity index (χ0n) is 22.1. The molecule has 0 aliphatic carbocycles. The molecule has 10 heteroatoms. The highest BCUT2D eigenvalue weighted by Gasteiger charge is 2.31. The van der Waals surface area contributed by atoms with Crippen LogP contribution in [0.15, 0.2) is 55.0 Å². The van der Waals surface area contributed by atoms with E-state index in [0.717, 1.165) is 34.9 Å². The number of carbonyl (C=O) groups is 3. The van der Waals surface area contributed by atoms with E-state index in [2.05, 4.69) is 46.7 Å². The molecule has 204 valence electrons. The number of carbonyl (C=O) groups excluding carboxylic acids is 2. The fourth-order valence-electron chi connectivity index (χ4n) is 4.59. The van der Waals surface area contributed by atoms with Gasteiger partial charge in [0.25, 0.3) is 0 Å². The number of imidazole rings is 1. The summed E-state index contributed by atoms with van der Waals surface area (Å²) in [5.74, 6) is -0.163. The van der Waals surface area contributed by atoms with Crippen molar-refractivity contribution in [1.82, 2.24) is 25.1 Å². The van der Waals surface area contributed by atoms with Gasteiger partial charge in [0.2, 0.25) is 11.8 Å². The zero-order valence-corrected chi connectivity index (χ0v) is 22.9. The standard InChI is InChI=1S/C25H29N5O4.C3H8S/c31-23(27-13-25(33)34)16-29(14-19-7-3-6-18-5-1-2-9-22(18)19)15-21-8-4-10-30(21)24(32)11-20-12-26-17-28-20;1-3-4-2/h1-3,5-7,9,12,17,21H,4,8,10-11,13-16H2,(H,26,28)(H,27,31)(H,33,34);3H2,1-2H3. The number of nitrogens with one attached hydrogen (secondary N) is 2. The summed E-state index contributed by atoms with van der Waals surface area (Å²) < 4.78 is 0. The van der Waals surface area contributed by atoms with Crippen LogP contribution in [0.3, 0.4) is 0 Å².